The molecule has 0 aliphatic carbocycles. The Labute approximate surface area is 208 Å². The number of ether oxygens (including phenoxy) is 1. The molecule has 8 nitrogen and oxygen atoms in total. The fraction of sp³-hybridized carbons (Fsp3) is 0.269. The van der Waals surface area contributed by atoms with Crippen molar-refractivity contribution >= 4 is 34.9 Å². The highest BCUT2D eigenvalue weighted by atomic mass is 32.1. The molecule has 0 saturated carbocycles. The van der Waals surface area contributed by atoms with Gasteiger partial charge in [0, 0.05) is 18.8 Å². The van der Waals surface area contributed by atoms with E-state index in [2.05, 4.69) is 10.6 Å². The summed E-state index contributed by atoms with van der Waals surface area (Å²) >= 11 is 1.36. The molecule has 2 unspecified atom stereocenters. The number of anilines is 1. The molecule has 1 aromatic heterocycles. The Bertz CT molecular complexity index is 1150. The van der Waals surface area contributed by atoms with E-state index in [9.17, 15) is 14.4 Å². The van der Waals surface area contributed by atoms with Crippen LogP contribution in [0.5, 0.6) is 0 Å². The molecule has 0 bridgehead atoms. The SMILES string of the molecule is CN(C)CCNC(=O)C1C(c2ccc(NC(=O)c3cccs3)cc2)OC(=O)N1Cc1ccccc1. The zero-order valence-corrected chi connectivity index (χ0v) is 20.5. The summed E-state index contributed by atoms with van der Waals surface area (Å²) in [4.78, 5) is 42.5. The Kier molecular flexibility index (Phi) is 7.79. The number of nitrogens with zero attached hydrogens (tertiary/aromatic N) is 2. The van der Waals surface area contributed by atoms with E-state index in [1.54, 1.807) is 30.3 Å². The van der Waals surface area contributed by atoms with Gasteiger partial charge in [0.1, 0.15) is 0 Å². The molecule has 1 aliphatic heterocycles. The van der Waals surface area contributed by atoms with Gasteiger partial charge in [-0.2, -0.15) is 0 Å². The summed E-state index contributed by atoms with van der Waals surface area (Å²) < 4.78 is 5.70. The Balaban J connectivity index is 1.53. The van der Waals surface area contributed by atoms with Crippen molar-refractivity contribution in [1.29, 1.82) is 0 Å². The van der Waals surface area contributed by atoms with E-state index < -0.39 is 18.2 Å². The Morgan fingerprint density at radius 3 is 2.43 bits per heavy atom. The number of hydrogen-bond donors (Lipinski definition) is 2. The largest absolute Gasteiger partial charge is 0.438 e. The second kappa shape index (κ2) is 11.2. The van der Waals surface area contributed by atoms with Crippen LogP contribution in [0.2, 0.25) is 0 Å². The van der Waals surface area contributed by atoms with Crippen LogP contribution in [0.4, 0.5) is 10.5 Å². The number of benzene rings is 2. The molecule has 0 spiro atoms. The first-order valence-corrected chi connectivity index (χ1v) is 12.2. The number of amides is 3. The van der Waals surface area contributed by atoms with Crippen LogP contribution < -0.4 is 10.6 Å². The number of hydrogen-bond acceptors (Lipinski definition) is 6. The van der Waals surface area contributed by atoms with Gasteiger partial charge in [0.15, 0.2) is 12.1 Å². The van der Waals surface area contributed by atoms with E-state index in [0.717, 1.165) is 5.56 Å². The van der Waals surface area contributed by atoms with Crippen molar-refractivity contribution in [2.75, 3.05) is 32.5 Å². The van der Waals surface area contributed by atoms with Gasteiger partial charge in [-0.25, -0.2) is 4.79 Å². The molecule has 1 fully saturated rings. The highest BCUT2D eigenvalue weighted by Crippen LogP contribution is 2.34. The third kappa shape index (κ3) is 6.06. The van der Waals surface area contributed by atoms with Crippen LogP contribution in [0.25, 0.3) is 0 Å². The van der Waals surface area contributed by atoms with Crippen molar-refractivity contribution in [2.45, 2.75) is 18.7 Å². The standard InChI is InChI=1S/C26H28N4O4S/c1-29(2)15-14-27-25(32)22-23(34-26(33)30(22)17-18-7-4-3-5-8-18)19-10-12-20(13-11-19)28-24(31)21-9-6-16-35-21/h3-13,16,22-23H,14-15,17H2,1-2H3,(H,27,32)(H,28,31). The lowest BCUT2D eigenvalue weighted by Crippen LogP contribution is -2.47. The lowest BCUT2D eigenvalue weighted by molar-refractivity contribution is -0.126. The smallest absolute Gasteiger partial charge is 0.411 e. The highest BCUT2D eigenvalue weighted by molar-refractivity contribution is 7.12. The molecule has 35 heavy (non-hydrogen) atoms. The number of thiophene rings is 1. The van der Waals surface area contributed by atoms with E-state index >= 15 is 0 Å². The van der Waals surface area contributed by atoms with Crippen molar-refractivity contribution < 1.29 is 19.1 Å². The molecule has 3 amide bonds. The Morgan fingerprint density at radius 1 is 1.03 bits per heavy atom. The zero-order chi connectivity index (χ0) is 24.8. The van der Waals surface area contributed by atoms with E-state index in [1.807, 2.05) is 60.8 Å². The van der Waals surface area contributed by atoms with E-state index in [-0.39, 0.29) is 18.4 Å². The van der Waals surface area contributed by atoms with Gasteiger partial charge in [-0.1, -0.05) is 48.5 Å². The molecule has 1 saturated heterocycles. The van der Waals surface area contributed by atoms with E-state index in [1.165, 1.54) is 16.2 Å². The molecule has 4 rings (SSSR count). The van der Waals surface area contributed by atoms with Gasteiger partial charge in [0.25, 0.3) is 5.91 Å². The zero-order valence-electron chi connectivity index (χ0n) is 19.6. The monoisotopic (exact) mass is 492 g/mol. The molecule has 1 aliphatic rings. The molecule has 0 radical (unpaired) electrons. The van der Waals surface area contributed by atoms with Gasteiger partial charge in [0.05, 0.1) is 11.4 Å². The van der Waals surface area contributed by atoms with Crippen molar-refractivity contribution in [2.24, 2.45) is 0 Å². The topological polar surface area (TPSA) is 91.0 Å². The first-order valence-electron chi connectivity index (χ1n) is 11.3. The summed E-state index contributed by atoms with van der Waals surface area (Å²) in [6, 6.07) is 19.3. The van der Waals surface area contributed by atoms with Crippen LogP contribution in [-0.2, 0) is 16.1 Å². The van der Waals surface area contributed by atoms with Crippen molar-refractivity contribution in [3.8, 4) is 0 Å². The second-order valence-corrected chi connectivity index (χ2v) is 9.46. The minimum absolute atomic E-state index is 0.188. The molecule has 2 aromatic carbocycles. The fourth-order valence-electron chi connectivity index (χ4n) is 3.85. The summed E-state index contributed by atoms with van der Waals surface area (Å²) in [7, 11) is 3.86. The molecular formula is C26H28N4O4S. The maximum atomic E-state index is 13.2. The van der Waals surface area contributed by atoms with Crippen molar-refractivity contribution in [3.63, 3.8) is 0 Å². The van der Waals surface area contributed by atoms with E-state index in [0.29, 0.717) is 29.2 Å². The number of cyclic esters (lactones) is 1. The van der Waals surface area contributed by atoms with Crippen molar-refractivity contribution in [3.05, 3.63) is 88.1 Å². The summed E-state index contributed by atoms with van der Waals surface area (Å²) in [6.07, 6.45) is -1.31. The summed E-state index contributed by atoms with van der Waals surface area (Å²) in [5.74, 6) is -0.457. The minimum atomic E-state index is -0.823. The van der Waals surface area contributed by atoms with E-state index in [4.69, 9.17) is 4.74 Å². The lowest BCUT2D eigenvalue weighted by atomic mass is 10.00. The highest BCUT2D eigenvalue weighted by Gasteiger charge is 2.46. The Hall–Kier alpha value is -3.69. The number of nitrogens with one attached hydrogen (secondary N) is 2. The van der Waals surface area contributed by atoms with Crippen LogP contribution in [0.15, 0.2) is 72.1 Å². The maximum absolute atomic E-state index is 13.2. The first-order chi connectivity index (χ1) is 16.9. The molecule has 2 atom stereocenters. The molecule has 2 heterocycles. The van der Waals surface area contributed by atoms with Crippen LogP contribution in [-0.4, -0.2) is 60.9 Å². The molecular weight excluding hydrogens is 464 g/mol. The third-order valence-electron chi connectivity index (χ3n) is 5.65. The second-order valence-electron chi connectivity index (χ2n) is 8.51. The first kappa shape index (κ1) is 24.4. The van der Waals surface area contributed by atoms with Crippen LogP contribution in [0, 0.1) is 0 Å². The lowest BCUT2D eigenvalue weighted by Gasteiger charge is -2.24. The number of likely N-dealkylation sites (N-methyl/N-ethyl adjacent to an activating group) is 1. The molecule has 2 N–H and O–H groups in total. The predicted molar refractivity (Wildman–Crippen MR) is 135 cm³/mol. The minimum Gasteiger partial charge on any atom is -0.438 e. The molecule has 9 heteroatoms. The molecule has 3 aromatic rings. The average Bonchev–Trinajstić information content (AvgIpc) is 3.49. The van der Waals surface area contributed by atoms with Crippen LogP contribution in [0.3, 0.4) is 0 Å². The number of rotatable bonds is 9. The third-order valence-corrected chi connectivity index (χ3v) is 6.52. The van der Waals surface area contributed by atoms with Crippen molar-refractivity contribution in [1.82, 2.24) is 15.1 Å². The predicted octanol–water partition coefficient (Wildman–Crippen LogP) is 3.74. The quantitative estimate of drug-likeness (QED) is 0.475. The summed E-state index contributed by atoms with van der Waals surface area (Å²) in [5, 5.41) is 7.63. The fourth-order valence-corrected chi connectivity index (χ4v) is 4.47. The van der Waals surface area contributed by atoms with Crippen LogP contribution in [0.1, 0.15) is 26.9 Å². The van der Waals surface area contributed by atoms with Gasteiger partial charge in [-0.3, -0.25) is 14.5 Å². The van der Waals surface area contributed by atoms with Crippen LogP contribution >= 0.6 is 11.3 Å². The van der Waals surface area contributed by atoms with Gasteiger partial charge in [-0.15, -0.1) is 11.3 Å². The number of carbonyl (C=O) groups is 3. The molecule has 182 valence electrons. The summed E-state index contributed by atoms with van der Waals surface area (Å²) in [5.41, 5.74) is 2.20. The van der Waals surface area contributed by atoms with Gasteiger partial charge < -0.3 is 20.3 Å². The Morgan fingerprint density at radius 2 is 1.77 bits per heavy atom. The normalized spacial score (nSPS) is 17.3. The summed E-state index contributed by atoms with van der Waals surface area (Å²) in [6.45, 7) is 1.39. The van der Waals surface area contributed by atoms with Gasteiger partial charge in [-0.05, 0) is 48.8 Å². The van der Waals surface area contributed by atoms with Gasteiger partial charge in [0.2, 0.25) is 5.91 Å². The number of carbonyl (C=O) groups excluding carboxylic acids is 3. The maximum Gasteiger partial charge on any atom is 0.411 e. The average molecular weight is 493 g/mol. The van der Waals surface area contributed by atoms with Gasteiger partial charge >= 0.3 is 6.09 Å².